The van der Waals surface area contributed by atoms with Crippen molar-refractivity contribution in [2.75, 3.05) is 13.7 Å². The minimum atomic E-state index is -0.168. The van der Waals surface area contributed by atoms with Crippen LogP contribution in [0.4, 0.5) is 0 Å². The summed E-state index contributed by atoms with van der Waals surface area (Å²) in [7, 11) is 1.66. The fourth-order valence-corrected chi connectivity index (χ4v) is 3.12. The second-order valence-corrected chi connectivity index (χ2v) is 5.35. The summed E-state index contributed by atoms with van der Waals surface area (Å²) >= 11 is 7.89. The Morgan fingerprint density at radius 1 is 1.58 bits per heavy atom. The third kappa shape index (κ3) is 2.98. The lowest BCUT2D eigenvalue weighted by Crippen LogP contribution is -2.31. The van der Waals surface area contributed by atoms with E-state index in [4.69, 9.17) is 22.2 Å². The number of aromatic nitrogens is 2. The molecule has 0 bridgehead atoms. The summed E-state index contributed by atoms with van der Waals surface area (Å²) in [4.78, 5) is 0. The molecule has 2 rings (SSSR count). The van der Waals surface area contributed by atoms with Gasteiger partial charge in [0.1, 0.15) is 0 Å². The van der Waals surface area contributed by atoms with Crippen LogP contribution in [-0.4, -0.2) is 23.5 Å². The molecule has 0 saturated heterocycles. The lowest BCUT2D eigenvalue weighted by molar-refractivity contribution is 0.182. The molecular formula is C12H17ClN4OS. The van der Waals surface area contributed by atoms with Crippen molar-refractivity contribution in [1.82, 2.24) is 15.2 Å². The SMILES string of the molecule is COCCn1ncc(Cl)c1C(NN)c1cscc1C. The Hall–Kier alpha value is -0.920. The molecular weight excluding hydrogens is 284 g/mol. The number of nitrogens with two attached hydrogens (primary N) is 1. The average Bonchev–Trinajstić information content (AvgIpc) is 2.97. The lowest BCUT2D eigenvalue weighted by atomic mass is 10.0. The van der Waals surface area contributed by atoms with Crippen LogP contribution in [0.2, 0.25) is 5.02 Å². The molecule has 19 heavy (non-hydrogen) atoms. The van der Waals surface area contributed by atoms with Gasteiger partial charge in [-0.05, 0) is 28.8 Å². The van der Waals surface area contributed by atoms with Crippen LogP contribution in [0, 0.1) is 6.92 Å². The van der Waals surface area contributed by atoms with Crippen molar-refractivity contribution < 1.29 is 4.74 Å². The number of nitrogens with zero attached hydrogens (tertiary/aromatic N) is 2. The van der Waals surface area contributed by atoms with E-state index in [0.717, 1.165) is 11.3 Å². The van der Waals surface area contributed by atoms with E-state index in [2.05, 4.69) is 28.2 Å². The molecule has 104 valence electrons. The summed E-state index contributed by atoms with van der Waals surface area (Å²) < 4.78 is 6.91. The summed E-state index contributed by atoms with van der Waals surface area (Å²) in [5.41, 5.74) is 5.99. The van der Waals surface area contributed by atoms with E-state index < -0.39 is 0 Å². The number of hydrogen-bond donors (Lipinski definition) is 2. The van der Waals surface area contributed by atoms with E-state index in [1.165, 1.54) is 5.56 Å². The molecule has 2 aromatic rings. The summed E-state index contributed by atoms with van der Waals surface area (Å²) in [5, 5.41) is 9.04. The van der Waals surface area contributed by atoms with Gasteiger partial charge >= 0.3 is 0 Å². The van der Waals surface area contributed by atoms with Crippen LogP contribution < -0.4 is 11.3 Å². The number of nitrogens with one attached hydrogen (secondary N) is 1. The first-order chi connectivity index (χ1) is 9.19. The van der Waals surface area contributed by atoms with Gasteiger partial charge in [-0.1, -0.05) is 11.6 Å². The first-order valence-corrected chi connectivity index (χ1v) is 7.20. The number of methoxy groups -OCH3 is 1. The Morgan fingerprint density at radius 3 is 2.95 bits per heavy atom. The normalized spacial score (nSPS) is 12.8. The molecule has 0 radical (unpaired) electrons. The third-order valence-electron chi connectivity index (χ3n) is 2.99. The molecule has 0 fully saturated rings. The van der Waals surface area contributed by atoms with Gasteiger partial charge in [0.05, 0.1) is 36.1 Å². The van der Waals surface area contributed by atoms with Gasteiger partial charge in [0.2, 0.25) is 0 Å². The molecule has 0 aromatic carbocycles. The second-order valence-electron chi connectivity index (χ2n) is 4.20. The molecule has 0 saturated carbocycles. The highest BCUT2D eigenvalue weighted by Crippen LogP contribution is 2.31. The quantitative estimate of drug-likeness (QED) is 0.633. The van der Waals surface area contributed by atoms with E-state index in [-0.39, 0.29) is 6.04 Å². The largest absolute Gasteiger partial charge is 0.383 e. The first-order valence-electron chi connectivity index (χ1n) is 5.88. The van der Waals surface area contributed by atoms with Gasteiger partial charge in [0.15, 0.2) is 0 Å². The molecule has 2 aromatic heterocycles. The van der Waals surface area contributed by atoms with Gasteiger partial charge in [0.25, 0.3) is 0 Å². The minimum absolute atomic E-state index is 0.168. The molecule has 7 heteroatoms. The number of ether oxygens (including phenoxy) is 1. The number of halogens is 1. The van der Waals surface area contributed by atoms with Gasteiger partial charge in [-0.25, -0.2) is 5.43 Å². The Bertz CT molecular complexity index is 540. The summed E-state index contributed by atoms with van der Waals surface area (Å²) in [5.74, 6) is 5.71. The number of aryl methyl sites for hydroxylation is 1. The van der Waals surface area contributed by atoms with Crippen molar-refractivity contribution >= 4 is 22.9 Å². The Kier molecular flexibility index (Phi) is 4.95. The molecule has 5 nitrogen and oxygen atoms in total. The van der Waals surface area contributed by atoms with E-state index in [0.29, 0.717) is 18.2 Å². The van der Waals surface area contributed by atoms with E-state index in [1.54, 1.807) is 24.6 Å². The third-order valence-corrected chi connectivity index (χ3v) is 4.16. The van der Waals surface area contributed by atoms with Crippen LogP contribution in [-0.2, 0) is 11.3 Å². The van der Waals surface area contributed by atoms with E-state index >= 15 is 0 Å². The zero-order valence-electron chi connectivity index (χ0n) is 10.9. The molecule has 1 atom stereocenters. The minimum Gasteiger partial charge on any atom is -0.383 e. The van der Waals surface area contributed by atoms with E-state index in [1.807, 2.05) is 4.68 Å². The number of hydrazine groups is 1. The molecule has 1 unspecified atom stereocenters. The maximum Gasteiger partial charge on any atom is 0.0904 e. The molecule has 0 aliphatic heterocycles. The van der Waals surface area contributed by atoms with Crippen LogP contribution in [0.25, 0.3) is 0 Å². The maximum absolute atomic E-state index is 6.25. The summed E-state index contributed by atoms with van der Waals surface area (Å²) in [6.45, 7) is 3.27. The summed E-state index contributed by atoms with van der Waals surface area (Å²) in [6, 6.07) is -0.168. The highest BCUT2D eigenvalue weighted by Gasteiger charge is 2.22. The van der Waals surface area contributed by atoms with Crippen molar-refractivity contribution in [3.63, 3.8) is 0 Å². The van der Waals surface area contributed by atoms with Gasteiger partial charge in [-0.3, -0.25) is 10.5 Å². The smallest absolute Gasteiger partial charge is 0.0904 e. The predicted octanol–water partition coefficient (Wildman–Crippen LogP) is 2.11. The molecule has 0 aliphatic carbocycles. The predicted molar refractivity (Wildman–Crippen MR) is 77.3 cm³/mol. The highest BCUT2D eigenvalue weighted by molar-refractivity contribution is 7.08. The fourth-order valence-electron chi connectivity index (χ4n) is 2.00. The average molecular weight is 301 g/mol. The van der Waals surface area contributed by atoms with E-state index in [9.17, 15) is 0 Å². The Morgan fingerprint density at radius 2 is 2.37 bits per heavy atom. The van der Waals surface area contributed by atoms with Crippen molar-refractivity contribution in [1.29, 1.82) is 0 Å². The number of hydrogen-bond acceptors (Lipinski definition) is 5. The fraction of sp³-hybridized carbons (Fsp3) is 0.417. The van der Waals surface area contributed by atoms with Gasteiger partial charge in [0, 0.05) is 7.11 Å². The topological polar surface area (TPSA) is 65.1 Å². The lowest BCUT2D eigenvalue weighted by Gasteiger charge is -2.18. The Balaban J connectivity index is 2.38. The zero-order valence-corrected chi connectivity index (χ0v) is 12.5. The van der Waals surface area contributed by atoms with Crippen LogP contribution in [0.5, 0.6) is 0 Å². The molecule has 0 amide bonds. The highest BCUT2D eigenvalue weighted by atomic mass is 35.5. The molecule has 0 aliphatic rings. The maximum atomic E-state index is 6.25. The summed E-state index contributed by atoms with van der Waals surface area (Å²) in [6.07, 6.45) is 1.64. The second kappa shape index (κ2) is 6.49. The van der Waals surface area contributed by atoms with Crippen LogP contribution >= 0.6 is 22.9 Å². The zero-order chi connectivity index (χ0) is 13.8. The standard InChI is InChI=1S/C12H17ClN4OS/c1-8-6-19-7-9(8)11(16-14)12-10(13)5-15-17(12)3-4-18-2/h5-7,11,16H,3-4,14H2,1-2H3. The number of rotatable bonds is 6. The van der Waals surface area contributed by atoms with Crippen LogP contribution in [0.15, 0.2) is 17.0 Å². The van der Waals surface area contributed by atoms with Crippen molar-refractivity contribution in [3.8, 4) is 0 Å². The van der Waals surface area contributed by atoms with Gasteiger partial charge in [-0.2, -0.15) is 16.4 Å². The van der Waals surface area contributed by atoms with Crippen LogP contribution in [0.3, 0.4) is 0 Å². The molecule has 0 spiro atoms. The van der Waals surface area contributed by atoms with Gasteiger partial charge < -0.3 is 4.74 Å². The monoisotopic (exact) mass is 300 g/mol. The van der Waals surface area contributed by atoms with Gasteiger partial charge in [-0.15, -0.1) is 0 Å². The first kappa shape index (κ1) is 14.5. The van der Waals surface area contributed by atoms with Crippen LogP contribution in [0.1, 0.15) is 22.9 Å². The van der Waals surface area contributed by atoms with Crippen molar-refractivity contribution in [2.45, 2.75) is 19.5 Å². The van der Waals surface area contributed by atoms with Crippen molar-refractivity contribution in [3.05, 3.63) is 38.8 Å². The number of thiophene rings is 1. The van der Waals surface area contributed by atoms with Crippen molar-refractivity contribution in [2.24, 2.45) is 5.84 Å². The molecule has 2 heterocycles. The Labute approximate surface area is 121 Å². The molecule has 3 N–H and O–H groups in total.